The van der Waals surface area contributed by atoms with E-state index in [1.807, 2.05) is 19.9 Å². The first-order valence-electron chi connectivity index (χ1n) is 12.1. The van der Waals surface area contributed by atoms with Gasteiger partial charge in [0, 0.05) is 22.9 Å². The first-order chi connectivity index (χ1) is 18.2. The van der Waals surface area contributed by atoms with E-state index >= 15 is 0 Å². The molecule has 0 bridgehead atoms. The highest BCUT2D eigenvalue weighted by Gasteiger charge is 2.29. The molecule has 0 unspecified atom stereocenters. The summed E-state index contributed by atoms with van der Waals surface area (Å²) in [7, 11) is 0. The topological polar surface area (TPSA) is 103 Å². The molecule has 1 fully saturated rings. The second-order valence-corrected chi connectivity index (χ2v) is 11.0. The van der Waals surface area contributed by atoms with E-state index in [4.69, 9.17) is 15.0 Å². The molecule has 0 atom stereocenters. The molecule has 38 heavy (non-hydrogen) atoms. The maximum Gasteiger partial charge on any atom is 0.355 e. The first-order valence-corrected chi connectivity index (χ1v) is 13.9. The van der Waals surface area contributed by atoms with Gasteiger partial charge in [0.05, 0.1) is 22.4 Å². The molecule has 0 aliphatic heterocycles. The molecule has 5 rings (SSSR count). The van der Waals surface area contributed by atoms with Gasteiger partial charge in [0.1, 0.15) is 5.82 Å². The third-order valence-corrected chi connectivity index (χ3v) is 7.63. The van der Waals surface area contributed by atoms with Crippen LogP contribution in [0.15, 0.2) is 46.7 Å². The van der Waals surface area contributed by atoms with Crippen molar-refractivity contribution in [2.24, 2.45) is 11.1 Å². The predicted octanol–water partition coefficient (Wildman–Crippen LogP) is 6.27. The Labute approximate surface area is 226 Å². The molecule has 1 aliphatic rings. The third-order valence-electron chi connectivity index (χ3n) is 6.23. The van der Waals surface area contributed by atoms with Gasteiger partial charge in [-0.1, -0.05) is 6.07 Å². The summed E-state index contributed by atoms with van der Waals surface area (Å²) in [4.78, 5) is 16.2. The van der Waals surface area contributed by atoms with E-state index in [1.165, 1.54) is 28.8 Å². The fourth-order valence-electron chi connectivity index (χ4n) is 4.27. The number of rotatable bonds is 10. The number of aromatic carboxylic acids is 1. The molecule has 2 aromatic carbocycles. The number of benzene rings is 2. The van der Waals surface area contributed by atoms with Crippen LogP contribution in [-0.2, 0) is 12.8 Å². The van der Waals surface area contributed by atoms with Crippen LogP contribution in [0.4, 0.5) is 8.78 Å². The van der Waals surface area contributed by atoms with Gasteiger partial charge in [0.2, 0.25) is 5.13 Å². The van der Waals surface area contributed by atoms with Crippen molar-refractivity contribution in [1.29, 1.82) is 0 Å². The highest BCUT2D eigenvalue weighted by atomic mass is 32.2. The van der Waals surface area contributed by atoms with Gasteiger partial charge in [-0.25, -0.2) is 23.2 Å². The van der Waals surface area contributed by atoms with Gasteiger partial charge < -0.3 is 9.84 Å². The molecule has 1 aliphatic carbocycles. The van der Waals surface area contributed by atoms with Gasteiger partial charge in [-0.05, 0) is 86.9 Å². The largest absolute Gasteiger partial charge is 0.488 e. The van der Waals surface area contributed by atoms with Crippen LogP contribution < -0.4 is 9.88 Å². The first kappa shape index (κ1) is 26.3. The lowest BCUT2D eigenvalue weighted by molar-refractivity contribution is 0.0691. The number of ether oxygens (including phenoxy) is 1. The quantitative estimate of drug-likeness (QED) is 0.222. The molecule has 11 heteroatoms. The van der Waals surface area contributed by atoms with Crippen LogP contribution >= 0.6 is 23.3 Å². The molecule has 0 radical (unpaired) electrons. The van der Waals surface area contributed by atoms with Crippen LogP contribution in [0.25, 0.3) is 16.4 Å². The van der Waals surface area contributed by atoms with Crippen LogP contribution in [0.1, 0.15) is 54.0 Å². The third kappa shape index (κ3) is 5.59. The monoisotopic (exact) mass is 556 g/mol. The summed E-state index contributed by atoms with van der Waals surface area (Å²) >= 11 is 2.03. The maximum absolute atomic E-state index is 14.6. The van der Waals surface area contributed by atoms with E-state index in [0.717, 1.165) is 41.6 Å². The molecule has 1 saturated carbocycles. The normalized spacial score (nSPS) is 13.3. The Hall–Kier alpha value is -3.28. The number of hydrogen-bond donors (Lipinski definition) is 2. The highest BCUT2D eigenvalue weighted by Crippen LogP contribution is 2.39. The minimum atomic E-state index is -1.12. The second kappa shape index (κ2) is 10.8. The average molecular weight is 557 g/mol. The molecule has 3 N–H and O–H groups in total. The van der Waals surface area contributed by atoms with E-state index in [-0.39, 0.29) is 17.5 Å². The van der Waals surface area contributed by atoms with Crippen molar-refractivity contribution in [3.63, 3.8) is 0 Å². The van der Waals surface area contributed by atoms with Crippen molar-refractivity contribution in [2.45, 2.75) is 50.5 Å². The van der Waals surface area contributed by atoms with Gasteiger partial charge in [-0.15, -0.1) is 11.3 Å². The Bertz CT molecular complexity index is 1500. The Kier molecular flexibility index (Phi) is 7.51. The molecule has 7 nitrogen and oxygen atoms in total. The Balaban J connectivity index is 1.68. The number of carboxylic acid groups (broad SMARTS) is 1. The van der Waals surface area contributed by atoms with E-state index in [0.29, 0.717) is 40.0 Å². The highest BCUT2D eigenvalue weighted by molar-refractivity contribution is 7.97. The summed E-state index contributed by atoms with van der Waals surface area (Å²) in [6.45, 7) is 3.64. The molecule has 0 saturated heterocycles. The standard InChI is InChI=1S/C27H26F2N4O3S2/c1-14(2)36-23-12-17(6-7-19(23)28)25-18(9-16-5-8-24(38-30)20(29)10-16)22(11-15-3-4-15)33(32-25)27-31-21(13-37-27)26(34)35/h5-8,10,12-15H,3-4,9,11,30H2,1-2H3,(H,34,35). The van der Waals surface area contributed by atoms with E-state index in [9.17, 15) is 18.7 Å². The lowest BCUT2D eigenvalue weighted by atomic mass is 9.96. The zero-order chi connectivity index (χ0) is 27.0. The molecule has 0 spiro atoms. The van der Waals surface area contributed by atoms with Crippen LogP contribution in [0.2, 0.25) is 0 Å². The average Bonchev–Trinajstić information content (AvgIpc) is 3.43. The zero-order valence-electron chi connectivity index (χ0n) is 20.8. The summed E-state index contributed by atoms with van der Waals surface area (Å²) in [5.74, 6) is -1.43. The number of carboxylic acids is 1. The van der Waals surface area contributed by atoms with Crippen molar-refractivity contribution in [3.8, 4) is 22.1 Å². The van der Waals surface area contributed by atoms with Crippen molar-refractivity contribution >= 4 is 29.3 Å². The number of hydrogen-bond acceptors (Lipinski definition) is 7. The van der Waals surface area contributed by atoms with Crippen molar-refractivity contribution < 1.29 is 23.4 Å². The lowest BCUT2D eigenvalue weighted by Crippen LogP contribution is -2.07. The Morgan fingerprint density at radius 3 is 2.66 bits per heavy atom. The van der Waals surface area contributed by atoms with Gasteiger partial charge in [0.15, 0.2) is 17.3 Å². The minimum Gasteiger partial charge on any atom is -0.488 e. The van der Waals surface area contributed by atoms with Crippen LogP contribution in [-0.4, -0.2) is 31.9 Å². The van der Waals surface area contributed by atoms with E-state index in [2.05, 4.69) is 4.98 Å². The number of carbonyl (C=O) groups is 1. The van der Waals surface area contributed by atoms with Gasteiger partial charge in [-0.3, -0.25) is 5.14 Å². The van der Waals surface area contributed by atoms with Gasteiger partial charge in [-0.2, -0.15) is 5.10 Å². The molecular formula is C27H26F2N4O3S2. The molecule has 4 aromatic rings. The minimum absolute atomic E-state index is 0.0627. The Morgan fingerprint density at radius 1 is 1.24 bits per heavy atom. The van der Waals surface area contributed by atoms with E-state index < -0.39 is 17.6 Å². The molecule has 0 amide bonds. The molecular weight excluding hydrogens is 530 g/mol. The molecule has 198 valence electrons. The number of nitrogens with zero attached hydrogens (tertiary/aromatic N) is 3. The maximum atomic E-state index is 14.6. The summed E-state index contributed by atoms with van der Waals surface area (Å²) < 4.78 is 36.5. The van der Waals surface area contributed by atoms with Gasteiger partial charge >= 0.3 is 5.97 Å². The number of nitrogens with two attached hydrogens (primary N) is 1. The van der Waals surface area contributed by atoms with Crippen LogP contribution in [0.3, 0.4) is 0 Å². The number of aromatic nitrogens is 3. The SMILES string of the molecule is CC(C)Oc1cc(-c2nn(-c3nc(C(=O)O)cs3)c(CC3CC3)c2Cc2ccc(SN)c(F)c2)ccc1F. The van der Waals surface area contributed by atoms with Crippen LogP contribution in [0, 0.1) is 17.6 Å². The van der Waals surface area contributed by atoms with Crippen LogP contribution in [0.5, 0.6) is 5.75 Å². The fraction of sp³-hybridized carbons (Fsp3) is 0.296. The Morgan fingerprint density at radius 2 is 2.03 bits per heavy atom. The summed E-state index contributed by atoms with van der Waals surface area (Å²) in [5.41, 5.74) is 3.61. The van der Waals surface area contributed by atoms with E-state index in [1.54, 1.807) is 22.9 Å². The number of halogens is 2. The predicted molar refractivity (Wildman–Crippen MR) is 143 cm³/mol. The molecule has 2 heterocycles. The van der Waals surface area contributed by atoms with Crippen molar-refractivity contribution in [3.05, 3.63) is 75.9 Å². The summed E-state index contributed by atoms with van der Waals surface area (Å²) in [6.07, 6.45) is 3.00. The van der Waals surface area contributed by atoms with Crippen molar-refractivity contribution in [2.75, 3.05) is 0 Å². The zero-order valence-corrected chi connectivity index (χ0v) is 22.4. The summed E-state index contributed by atoms with van der Waals surface area (Å²) in [6, 6.07) is 9.53. The number of thiazole rings is 1. The smallest absolute Gasteiger partial charge is 0.355 e. The fourth-order valence-corrected chi connectivity index (χ4v) is 5.37. The van der Waals surface area contributed by atoms with Gasteiger partial charge in [0.25, 0.3) is 0 Å². The second-order valence-electron chi connectivity index (χ2n) is 9.52. The molecule has 2 aromatic heterocycles. The van der Waals surface area contributed by atoms with Crippen molar-refractivity contribution in [1.82, 2.24) is 14.8 Å². The summed E-state index contributed by atoms with van der Waals surface area (Å²) in [5, 5.41) is 21.8. The lowest BCUT2D eigenvalue weighted by Gasteiger charge is -2.12.